The van der Waals surface area contributed by atoms with Crippen LogP contribution in [0, 0.1) is 0 Å². The van der Waals surface area contributed by atoms with E-state index >= 15 is 0 Å². The Labute approximate surface area is 119 Å². The molecule has 1 fully saturated rings. The highest BCUT2D eigenvalue weighted by atomic mass is 16.5. The van der Waals surface area contributed by atoms with Crippen molar-refractivity contribution in [3.05, 3.63) is 42.5 Å². The Morgan fingerprint density at radius 2 is 2.10 bits per heavy atom. The first-order valence-electron chi connectivity index (χ1n) is 6.83. The number of rotatable bonds is 5. The number of ether oxygens (including phenoxy) is 1. The molecule has 0 unspecified atom stereocenters. The number of anilines is 1. The quantitative estimate of drug-likeness (QED) is 0.806. The maximum absolute atomic E-state index is 11.7. The topological polar surface area (TPSA) is 53.6 Å². The molecule has 1 aromatic carbocycles. The highest BCUT2D eigenvalue weighted by molar-refractivity contribution is 5.90. The predicted octanol–water partition coefficient (Wildman–Crippen LogP) is 1.83. The van der Waals surface area contributed by atoms with Crippen LogP contribution in [0.4, 0.5) is 10.5 Å². The van der Waals surface area contributed by atoms with E-state index in [1.165, 1.54) is 0 Å². The van der Waals surface area contributed by atoms with Crippen molar-refractivity contribution in [1.82, 2.24) is 10.2 Å². The highest BCUT2D eigenvalue weighted by Gasteiger charge is 2.13. The van der Waals surface area contributed by atoms with Gasteiger partial charge in [0.25, 0.3) is 0 Å². The van der Waals surface area contributed by atoms with E-state index in [9.17, 15) is 4.79 Å². The summed E-state index contributed by atoms with van der Waals surface area (Å²) in [6, 6.07) is 7.66. The number of nitrogens with one attached hydrogen (secondary N) is 2. The SMILES string of the molecule is C=CCNC(=O)Nc1ccccc1CN1CCOCC1. The maximum Gasteiger partial charge on any atom is 0.319 e. The number of hydrogen-bond acceptors (Lipinski definition) is 3. The van der Waals surface area contributed by atoms with Gasteiger partial charge < -0.3 is 15.4 Å². The molecule has 0 radical (unpaired) electrons. The van der Waals surface area contributed by atoms with Crippen LogP contribution in [0.2, 0.25) is 0 Å². The minimum Gasteiger partial charge on any atom is -0.379 e. The molecule has 0 spiro atoms. The first-order chi connectivity index (χ1) is 9.79. The van der Waals surface area contributed by atoms with Gasteiger partial charge in [-0.2, -0.15) is 0 Å². The van der Waals surface area contributed by atoms with Gasteiger partial charge in [-0.1, -0.05) is 24.3 Å². The van der Waals surface area contributed by atoms with Crippen LogP contribution in [0.1, 0.15) is 5.56 Å². The van der Waals surface area contributed by atoms with Gasteiger partial charge in [-0.25, -0.2) is 4.79 Å². The molecule has 0 saturated carbocycles. The molecule has 2 rings (SSSR count). The molecule has 0 aliphatic carbocycles. The minimum absolute atomic E-state index is 0.209. The van der Waals surface area contributed by atoms with Crippen LogP contribution in [0.15, 0.2) is 36.9 Å². The summed E-state index contributed by atoms with van der Waals surface area (Å²) in [5, 5.41) is 5.59. The van der Waals surface area contributed by atoms with Gasteiger partial charge in [-0.05, 0) is 11.6 Å². The van der Waals surface area contributed by atoms with Crippen molar-refractivity contribution < 1.29 is 9.53 Å². The summed E-state index contributed by atoms with van der Waals surface area (Å²) in [5.74, 6) is 0. The number of morpholine rings is 1. The third kappa shape index (κ3) is 4.36. The third-order valence-corrected chi connectivity index (χ3v) is 3.17. The van der Waals surface area contributed by atoms with Crippen molar-refractivity contribution >= 4 is 11.7 Å². The van der Waals surface area contributed by atoms with E-state index in [0.717, 1.165) is 44.1 Å². The fourth-order valence-electron chi connectivity index (χ4n) is 2.11. The molecule has 5 heteroatoms. The lowest BCUT2D eigenvalue weighted by molar-refractivity contribution is 0.0343. The number of hydrogen-bond donors (Lipinski definition) is 2. The summed E-state index contributed by atoms with van der Waals surface area (Å²) in [6.07, 6.45) is 1.65. The molecule has 1 saturated heterocycles. The number of amides is 2. The number of para-hydroxylation sites is 1. The lowest BCUT2D eigenvalue weighted by atomic mass is 10.1. The molecular weight excluding hydrogens is 254 g/mol. The van der Waals surface area contributed by atoms with Gasteiger partial charge in [0.1, 0.15) is 0 Å². The second-order valence-electron chi connectivity index (χ2n) is 4.67. The lowest BCUT2D eigenvalue weighted by Gasteiger charge is -2.27. The molecule has 108 valence electrons. The van der Waals surface area contributed by atoms with Crippen LogP contribution in [-0.2, 0) is 11.3 Å². The Morgan fingerprint density at radius 3 is 2.85 bits per heavy atom. The van der Waals surface area contributed by atoms with Gasteiger partial charge in [0.15, 0.2) is 0 Å². The van der Waals surface area contributed by atoms with E-state index in [0.29, 0.717) is 6.54 Å². The molecule has 0 atom stereocenters. The third-order valence-electron chi connectivity index (χ3n) is 3.17. The summed E-state index contributed by atoms with van der Waals surface area (Å²) in [4.78, 5) is 14.0. The van der Waals surface area contributed by atoms with E-state index in [-0.39, 0.29) is 6.03 Å². The molecule has 2 N–H and O–H groups in total. The van der Waals surface area contributed by atoms with Gasteiger partial charge >= 0.3 is 6.03 Å². The summed E-state index contributed by atoms with van der Waals surface area (Å²) in [7, 11) is 0. The summed E-state index contributed by atoms with van der Waals surface area (Å²) in [5.41, 5.74) is 1.96. The van der Waals surface area contributed by atoms with E-state index in [1.807, 2.05) is 24.3 Å². The fourth-order valence-corrected chi connectivity index (χ4v) is 2.11. The molecule has 0 aromatic heterocycles. The van der Waals surface area contributed by atoms with Crippen molar-refractivity contribution in [3.8, 4) is 0 Å². The summed E-state index contributed by atoms with van der Waals surface area (Å²) < 4.78 is 5.35. The van der Waals surface area contributed by atoms with E-state index < -0.39 is 0 Å². The lowest BCUT2D eigenvalue weighted by Crippen LogP contribution is -2.36. The van der Waals surface area contributed by atoms with Crippen LogP contribution in [0.25, 0.3) is 0 Å². The molecule has 1 aliphatic heterocycles. The largest absolute Gasteiger partial charge is 0.379 e. The zero-order valence-electron chi connectivity index (χ0n) is 11.6. The van der Waals surface area contributed by atoms with Crippen LogP contribution >= 0.6 is 0 Å². The Hall–Kier alpha value is -1.85. The van der Waals surface area contributed by atoms with E-state index in [1.54, 1.807) is 6.08 Å². The standard InChI is InChI=1S/C15H21N3O2/c1-2-7-16-15(19)17-14-6-4-3-5-13(14)12-18-8-10-20-11-9-18/h2-6H,1,7-12H2,(H2,16,17,19). The number of nitrogens with zero attached hydrogens (tertiary/aromatic N) is 1. The van der Waals surface area contributed by atoms with Crippen LogP contribution in [0.5, 0.6) is 0 Å². The molecular formula is C15H21N3O2. The van der Waals surface area contributed by atoms with Crippen LogP contribution < -0.4 is 10.6 Å². The van der Waals surface area contributed by atoms with Crippen molar-refractivity contribution in [1.29, 1.82) is 0 Å². The van der Waals surface area contributed by atoms with Gasteiger partial charge in [0, 0.05) is 31.9 Å². The first-order valence-corrected chi connectivity index (χ1v) is 6.83. The van der Waals surface area contributed by atoms with Crippen LogP contribution in [-0.4, -0.2) is 43.8 Å². The Bertz CT molecular complexity index is 456. The number of urea groups is 1. The molecule has 20 heavy (non-hydrogen) atoms. The van der Waals surface area contributed by atoms with Gasteiger partial charge in [-0.3, -0.25) is 4.90 Å². The molecule has 1 aliphatic rings. The zero-order chi connectivity index (χ0) is 14.2. The smallest absolute Gasteiger partial charge is 0.319 e. The normalized spacial score (nSPS) is 15.6. The Balaban J connectivity index is 1.97. The zero-order valence-corrected chi connectivity index (χ0v) is 11.6. The van der Waals surface area contributed by atoms with Crippen molar-refractivity contribution in [2.45, 2.75) is 6.54 Å². The Morgan fingerprint density at radius 1 is 1.35 bits per heavy atom. The number of carbonyl (C=O) groups excluding carboxylic acids is 1. The average Bonchev–Trinajstić information content (AvgIpc) is 2.48. The van der Waals surface area contributed by atoms with Gasteiger partial charge in [0.05, 0.1) is 13.2 Å². The molecule has 0 bridgehead atoms. The molecule has 5 nitrogen and oxygen atoms in total. The van der Waals surface area contributed by atoms with Crippen molar-refractivity contribution in [2.75, 3.05) is 38.2 Å². The summed E-state index contributed by atoms with van der Waals surface area (Å²) >= 11 is 0. The van der Waals surface area contributed by atoms with Gasteiger partial charge in [-0.15, -0.1) is 6.58 Å². The van der Waals surface area contributed by atoms with E-state index in [4.69, 9.17) is 4.74 Å². The van der Waals surface area contributed by atoms with E-state index in [2.05, 4.69) is 22.1 Å². The highest BCUT2D eigenvalue weighted by Crippen LogP contribution is 2.17. The second-order valence-corrected chi connectivity index (χ2v) is 4.67. The second kappa shape index (κ2) is 7.67. The molecule has 2 amide bonds. The Kier molecular flexibility index (Phi) is 5.58. The maximum atomic E-state index is 11.7. The minimum atomic E-state index is -0.209. The predicted molar refractivity (Wildman–Crippen MR) is 79.8 cm³/mol. The fraction of sp³-hybridized carbons (Fsp3) is 0.400. The van der Waals surface area contributed by atoms with Crippen molar-refractivity contribution in [2.24, 2.45) is 0 Å². The van der Waals surface area contributed by atoms with Gasteiger partial charge in [0.2, 0.25) is 0 Å². The first kappa shape index (κ1) is 14.6. The monoisotopic (exact) mass is 275 g/mol. The number of benzene rings is 1. The molecule has 1 aromatic rings. The van der Waals surface area contributed by atoms with Crippen molar-refractivity contribution in [3.63, 3.8) is 0 Å². The summed E-state index contributed by atoms with van der Waals surface area (Å²) in [6.45, 7) is 8.25. The number of carbonyl (C=O) groups is 1. The average molecular weight is 275 g/mol. The van der Waals surface area contributed by atoms with Crippen LogP contribution in [0.3, 0.4) is 0 Å². The molecule has 1 heterocycles.